The van der Waals surface area contributed by atoms with Crippen LogP contribution in [0.25, 0.3) is 0 Å². The molecular formula is C18H30O4. The zero-order chi connectivity index (χ0) is 17.0. The van der Waals surface area contributed by atoms with Crippen LogP contribution in [0, 0.1) is 12.8 Å². The Kier molecular flexibility index (Phi) is 11.4. The number of methoxy groups -OCH3 is 2. The second-order valence-electron chi connectivity index (χ2n) is 5.35. The van der Waals surface area contributed by atoms with E-state index in [-0.39, 0.29) is 6.29 Å². The summed E-state index contributed by atoms with van der Waals surface area (Å²) in [6.45, 7) is 6.32. The van der Waals surface area contributed by atoms with Crippen LogP contribution in [0.3, 0.4) is 0 Å². The van der Waals surface area contributed by atoms with Gasteiger partial charge in [-0.1, -0.05) is 44.4 Å². The van der Waals surface area contributed by atoms with Crippen LogP contribution >= 0.6 is 0 Å². The van der Waals surface area contributed by atoms with E-state index >= 15 is 0 Å². The maximum Gasteiger partial charge on any atom is 0.335 e. The molecule has 126 valence electrons. The van der Waals surface area contributed by atoms with Gasteiger partial charge in [-0.05, 0) is 31.9 Å². The van der Waals surface area contributed by atoms with Crippen molar-refractivity contribution < 1.29 is 19.4 Å². The highest BCUT2D eigenvalue weighted by atomic mass is 16.7. The lowest BCUT2D eigenvalue weighted by Gasteiger charge is -2.23. The number of aromatic carboxylic acids is 1. The highest BCUT2D eigenvalue weighted by Crippen LogP contribution is 2.20. The molecule has 0 saturated carbocycles. The molecule has 1 aromatic carbocycles. The van der Waals surface area contributed by atoms with Gasteiger partial charge in [-0.2, -0.15) is 0 Å². The third kappa shape index (κ3) is 8.15. The van der Waals surface area contributed by atoms with E-state index in [4.69, 9.17) is 14.6 Å². The fourth-order valence-electron chi connectivity index (χ4n) is 2.34. The van der Waals surface area contributed by atoms with E-state index in [1.807, 2.05) is 6.92 Å². The molecule has 1 N–H and O–H groups in total. The molecule has 0 aliphatic carbocycles. The Morgan fingerprint density at radius 1 is 1.05 bits per heavy atom. The molecule has 4 heteroatoms. The molecule has 0 amide bonds. The molecule has 0 spiro atoms. The molecule has 0 atom stereocenters. The minimum absolute atomic E-state index is 0.00935. The van der Waals surface area contributed by atoms with Gasteiger partial charge in [0.15, 0.2) is 6.29 Å². The normalized spacial score (nSPS) is 10.5. The summed E-state index contributed by atoms with van der Waals surface area (Å²) in [6, 6.07) is 6.75. The van der Waals surface area contributed by atoms with E-state index in [1.54, 1.807) is 38.5 Å². The van der Waals surface area contributed by atoms with Crippen molar-refractivity contribution in [3.8, 4) is 0 Å². The zero-order valence-corrected chi connectivity index (χ0v) is 14.5. The molecule has 1 rings (SSSR count). The Labute approximate surface area is 134 Å². The molecule has 0 aliphatic heterocycles. The third-order valence-electron chi connectivity index (χ3n) is 3.47. The standard InChI is InChI=1S/C10H22O2.C8H8O2/c1-5-7-9(8-6-2)10(11-3)12-4;1-6-2-4-7(5-3-6)8(9)10/h9-10H,5-8H2,1-4H3;2-5H,1H3,(H,9,10). The molecule has 0 aromatic heterocycles. The van der Waals surface area contributed by atoms with E-state index < -0.39 is 5.97 Å². The zero-order valence-electron chi connectivity index (χ0n) is 14.5. The highest BCUT2D eigenvalue weighted by molar-refractivity contribution is 5.87. The monoisotopic (exact) mass is 310 g/mol. The van der Waals surface area contributed by atoms with Gasteiger partial charge in [0, 0.05) is 20.1 Å². The summed E-state index contributed by atoms with van der Waals surface area (Å²) in [4.78, 5) is 10.3. The fourth-order valence-corrected chi connectivity index (χ4v) is 2.34. The maximum absolute atomic E-state index is 10.3. The minimum atomic E-state index is -0.875. The number of rotatable bonds is 8. The van der Waals surface area contributed by atoms with Gasteiger partial charge in [0.25, 0.3) is 0 Å². The molecule has 22 heavy (non-hydrogen) atoms. The summed E-state index contributed by atoms with van der Waals surface area (Å²) >= 11 is 0. The van der Waals surface area contributed by atoms with Gasteiger partial charge in [0.1, 0.15) is 0 Å². The predicted molar refractivity (Wildman–Crippen MR) is 89.3 cm³/mol. The Bertz CT molecular complexity index is 390. The van der Waals surface area contributed by atoms with Crippen LogP contribution in [0.1, 0.15) is 55.5 Å². The van der Waals surface area contributed by atoms with Crippen molar-refractivity contribution in [3.63, 3.8) is 0 Å². The Morgan fingerprint density at radius 2 is 1.50 bits per heavy atom. The average molecular weight is 310 g/mol. The highest BCUT2D eigenvalue weighted by Gasteiger charge is 2.18. The summed E-state index contributed by atoms with van der Waals surface area (Å²) in [6.07, 6.45) is 4.78. The van der Waals surface area contributed by atoms with Crippen LogP contribution in [0.15, 0.2) is 24.3 Å². The van der Waals surface area contributed by atoms with E-state index in [9.17, 15) is 4.79 Å². The van der Waals surface area contributed by atoms with Gasteiger partial charge >= 0.3 is 5.97 Å². The number of carbonyl (C=O) groups is 1. The Morgan fingerprint density at radius 3 is 1.82 bits per heavy atom. The van der Waals surface area contributed by atoms with Crippen molar-refractivity contribution in [2.45, 2.75) is 52.7 Å². The SMILES string of the molecule is CCCC(CCC)C(OC)OC.Cc1ccc(C(=O)O)cc1. The van der Waals surface area contributed by atoms with Crippen LogP contribution in [-0.2, 0) is 9.47 Å². The second-order valence-corrected chi connectivity index (χ2v) is 5.35. The van der Waals surface area contributed by atoms with Gasteiger partial charge in [-0.3, -0.25) is 0 Å². The first-order valence-corrected chi connectivity index (χ1v) is 7.85. The van der Waals surface area contributed by atoms with Gasteiger partial charge in [-0.25, -0.2) is 4.79 Å². The van der Waals surface area contributed by atoms with Gasteiger partial charge in [0.2, 0.25) is 0 Å². The number of ether oxygens (including phenoxy) is 2. The molecule has 0 radical (unpaired) electrons. The van der Waals surface area contributed by atoms with Gasteiger partial charge < -0.3 is 14.6 Å². The van der Waals surface area contributed by atoms with Crippen molar-refractivity contribution in [3.05, 3.63) is 35.4 Å². The van der Waals surface area contributed by atoms with Crippen molar-refractivity contribution in [2.75, 3.05) is 14.2 Å². The number of carboxylic acid groups (broad SMARTS) is 1. The fraction of sp³-hybridized carbons (Fsp3) is 0.611. The van der Waals surface area contributed by atoms with Crippen molar-refractivity contribution in [1.29, 1.82) is 0 Å². The number of carboxylic acids is 1. The second kappa shape index (κ2) is 12.2. The summed E-state index contributed by atoms with van der Waals surface area (Å²) in [5.41, 5.74) is 1.41. The lowest BCUT2D eigenvalue weighted by Crippen LogP contribution is -2.24. The number of aryl methyl sites for hydroxylation is 1. The first kappa shape index (κ1) is 20.6. The molecule has 0 unspecified atom stereocenters. The molecule has 0 heterocycles. The summed E-state index contributed by atoms with van der Waals surface area (Å²) in [5.74, 6) is -0.310. The molecule has 0 saturated heterocycles. The largest absolute Gasteiger partial charge is 0.478 e. The summed E-state index contributed by atoms with van der Waals surface area (Å²) in [5, 5.41) is 8.48. The smallest absolute Gasteiger partial charge is 0.335 e. The first-order chi connectivity index (χ1) is 10.5. The lowest BCUT2D eigenvalue weighted by molar-refractivity contribution is -0.140. The van der Waals surface area contributed by atoms with Gasteiger partial charge in [0.05, 0.1) is 5.56 Å². The molecule has 0 aliphatic rings. The van der Waals surface area contributed by atoms with Crippen molar-refractivity contribution in [2.24, 2.45) is 5.92 Å². The Balaban J connectivity index is 0.000000406. The molecule has 0 bridgehead atoms. The topological polar surface area (TPSA) is 55.8 Å². The average Bonchev–Trinajstić information content (AvgIpc) is 2.50. The van der Waals surface area contributed by atoms with Crippen LogP contribution in [0.2, 0.25) is 0 Å². The quantitative estimate of drug-likeness (QED) is 0.717. The van der Waals surface area contributed by atoms with Gasteiger partial charge in [-0.15, -0.1) is 0 Å². The van der Waals surface area contributed by atoms with Crippen LogP contribution in [0.4, 0.5) is 0 Å². The van der Waals surface area contributed by atoms with E-state index in [0.29, 0.717) is 11.5 Å². The first-order valence-electron chi connectivity index (χ1n) is 7.85. The van der Waals surface area contributed by atoms with Crippen LogP contribution < -0.4 is 0 Å². The molecule has 1 aromatic rings. The van der Waals surface area contributed by atoms with E-state index in [1.165, 1.54) is 25.7 Å². The molecular weight excluding hydrogens is 280 g/mol. The van der Waals surface area contributed by atoms with Crippen LogP contribution in [-0.4, -0.2) is 31.6 Å². The van der Waals surface area contributed by atoms with E-state index in [2.05, 4.69) is 13.8 Å². The molecule has 0 fully saturated rings. The lowest BCUT2D eigenvalue weighted by atomic mass is 9.98. The minimum Gasteiger partial charge on any atom is -0.478 e. The molecule has 4 nitrogen and oxygen atoms in total. The predicted octanol–water partition coefficient (Wildman–Crippen LogP) is 4.51. The van der Waals surface area contributed by atoms with Crippen molar-refractivity contribution >= 4 is 5.97 Å². The summed E-state index contributed by atoms with van der Waals surface area (Å²) in [7, 11) is 3.43. The van der Waals surface area contributed by atoms with E-state index in [0.717, 1.165) is 5.56 Å². The summed E-state index contributed by atoms with van der Waals surface area (Å²) < 4.78 is 10.5. The Hall–Kier alpha value is -1.39. The third-order valence-corrected chi connectivity index (χ3v) is 3.47. The van der Waals surface area contributed by atoms with Crippen LogP contribution in [0.5, 0.6) is 0 Å². The number of hydrogen-bond donors (Lipinski definition) is 1. The maximum atomic E-state index is 10.3. The van der Waals surface area contributed by atoms with Crippen molar-refractivity contribution in [1.82, 2.24) is 0 Å². The number of benzene rings is 1. The number of hydrogen-bond acceptors (Lipinski definition) is 3.